The predicted molar refractivity (Wildman–Crippen MR) is 91.5 cm³/mol. The number of sulfonamides is 1. The molecule has 25 heavy (non-hydrogen) atoms. The van der Waals surface area contributed by atoms with Crippen LogP contribution in [0.1, 0.15) is 41.1 Å². The van der Waals surface area contributed by atoms with Gasteiger partial charge in [-0.1, -0.05) is 23.7 Å². The van der Waals surface area contributed by atoms with Gasteiger partial charge in [-0.05, 0) is 37.5 Å². The van der Waals surface area contributed by atoms with E-state index in [1.165, 1.54) is 4.31 Å². The lowest BCUT2D eigenvalue weighted by atomic mass is 10.2. The number of aromatic nitrogens is 1. The molecule has 0 spiro atoms. The van der Waals surface area contributed by atoms with Gasteiger partial charge in [0.2, 0.25) is 15.8 Å². The Morgan fingerprint density at radius 3 is 2.68 bits per heavy atom. The zero-order chi connectivity index (χ0) is 17.9. The quantitative estimate of drug-likeness (QED) is 0.878. The van der Waals surface area contributed by atoms with E-state index in [0.717, 1.165) is 19.3 Å². The highest BCUT2D eigenvalue weighted by Crippen LogP contribution is 2.21. The molecule has 1 aliphatic heterocycles. The van der Waals surface area contributed by atoms with E-state index in [1.807, 2.05) is 0 Å². The number of nitrogens with zero attached hydrogens (tertiary/aromatic N) is 2. The van der Waals surface area contributed by atoms with Crippen LogP contribution < -0.4 is 5.32 Å². The van der Waals surface area contributed by atoms with Gasteiger partial charge in [-0.2, -0.15) is 4.31 Å². The molecule has 7 nitrogen and oxygen atoms in total. The van der Waals surface area contributed by atoms with E-state index in [2.05, 4.69) is 10.5 Å². The highest BCUT2D eigenvalue weighted by Gasteiger charge is 2.26. The summed E-state index contributed by atoms with van der Waals surface area (Å²) in [5, 5.41) is 6.38. The van der Waals surface area contributed by atoms with Gasteiger partial charge in [-0.15, -0.1) is 0 Å². The maximum absolute atomic E-state index is 12.7. The molecule has 1 saturated heterocycles. The van der Waals surface area contributed by atoms with Gasteiger partial charge < -0.3 is 9.84 Å². The molecule has 0 aliphatic carbocycles. The van der Waals surface area contributed by atoms with E-state index in [4.69, 9.17) is 4.52 Å². The number of rotatable bonds is 5. The second-order valence-corrected chi connectivity index (χ2v) is 8.07. The Labute approximate surface area is 147 Å². The highest BCUT2D eigenvalue weighted by atomic mass is 32.2. The van der Waals surface area contributed by atoms with Gasteiger partial charge in [0, 0.05) is 25.7 Å². The van der Waals surface area contributed by atoms with Crippen LogP contribution in [0, 0.1) is 6.92 Å². The zero-order valence-corrected chi connectivity index (χ0v) is 14.9. The first-order valence-corrected chi connectivity index (χ1v) is 9.71. The average Bonchev–Trinajstić information content (AvgIpc) is 3.07. The largest absolute Gasteiger partial charge is 0.351 e. The number of hydrogen-bond acceptors (Lipinski definition) is 5. The Morgan fingerprint density at radius 2 is 2.00 bits per heavy atom. The molecule has 0 atom stereocenters. The molecule has 1 fully saturated rings. The summed E-state index contributed by atoms with van der Waals surface area (Å²) in [6.07, 6.45) is 2.86. The molecule has 3 rings (SSSR count). The molecule has 1 aromatic carbocycles. The molecule has 0 bridgehead atoms. The van der Waals surface area contributed by atoms with Crippen LogP contribution >= 0.6 is 0 Å². The minimum atomic E-state index is -3.48. The topological polar surface area (TPSA) is 92.5 Å². The van der Waals surface area contributed by atoms with Crippen LogP contribution in [-0.2, 0) is 16.6 Å². The number of amides is 1. The lowest BCUT2D eigenvalue weighted by Gasteiger charge is -2.26. The van der Waals surface area contributed by atoms with Crippen molar-refractivity contribution in [1.29, 1.82) is 0 Å². The van der Waals surface area contributed by atoms with Crippen molar-refractivity contribution in [2.75, 3.05) is 13.1 Å². The lowest BCUT2D eigenvalue weighted by Crippen LogP contribution is -2.35. The summed E-state index contributed by atoms with van der Waals surface area (Å²) in [4.78, 5) is 12.2. The van der Waals surface area contributed by atoms with Crippen LogP contribution in [-0.4, -0.2) is 36.9 Å². The van der Waals surface area contributed by atoms with Gasteiger partial charge in [-0.3, -0.25) is 4.79 Å². The van der Waals surface area contributed by atoms with Crippen molar-refractivity contribution >= 4 is 15.9 Å². The molecule has 1 aliphatic rings. The monoisotopic (exact) mass is 363 g/mol. The third kappa shape index (κ3) is 4.08. The number of aryl methyl sites for hydroxylation is 1. The summed E-state index contributed by atoms with van der Waals surface area (Å²) in [7, 11) is -3.48. The minimum Gasteiger partial charge on any atom is -0.351 e. The summed E-state index contributed by atoms with van der Waals surface area (Å²) in [6.45, 7) is 3.07. The SMILES string of the molecule is Cc1cc(C(=O)NCc2cccc(S(=O)(=O)N3CCCCC3)c2)on1. The molecule has 0 unspecified atom stereocenters. The van der Waals surface area contributed by atoms with Gasteiger partial charge >= 0.3 is 0 Å². The average molecular weight is 363 g/mol. The van der Waals surface area contributed by atoms with Crippen LogP contribution in [0.3, 0.4) is 0 Å². The first-order valence-electron chi connectivity index (χ1n) is 8.27. The van der Waals surface area contributed by atoms with Crippen molar-refractivity contribution in [3.63, 3.8) is 0 Å². The smallest absolute Gasteiger partial charge is 0.290 e. The van der Waals surface area contributed by atoms with Crippen LogP contribution in [0.25, 0.3) is 0 Å². The fraction of sp³-hybridized carbons (Fsp3) is 0.412. The second kappa shape index (κ2) is 7.37. The van der Waals surface area contributed by atoms with Gasteiger partial charge in [0.1, 0.15) is 0 Å². The maximum atomic E-state index is 12.7. The summed E-state index contributed by atoms with van der Waals surface area (Å²) in [5.74, 6) is -0.250. The van der Waals surface area contributed by atoms with E-state index in [1.54, 1.807) is 37.3 Å². The third-order valence-corrected chi connectivity index (χ3v) is 6.05. The number of benzene rings is 1. The van der Waals surface area contributed by atoms with E-state index in [0.29, 0.717) is 24.3 Å². The van der Waals surface area contributed by atoms with Crippen molar-refractivity contribution in [3.05, 3.63) is 47.3 Å². The first-order chi connectivity index (χ1) is 12.0. The Hall–Kier alpha value is -2.19. The summed E-state index contributed by atoms with van der Waals surface area (Å²) < 4.78 is 31.9. The number of nitrogens with one attached hydrogen (secondary N) is 1. The molecule has 2 aromatic rings. The van der Waals surface area contributed by atoms with E-state index in [9.17, 15) is 13.2 Å². The highest BCUT2D eigenvalue weighted by molar-refractivity contribution is 7.89. The Bertz CT molecular complexity index is 854. The Balaban J connectivity index is 1.70. The summed E-state index contributed by atoms with van der Waals surface area (Å²) in [5.41, 5.74) is 1.34. The molecule has 0 saturated carbocycles. The fourth-order valence-electron chi connectivity index (χ4n) is 2.81. The lowest BCUT2D eigenvalue weighted by molar-refractivity contribution is 0.0914. The summed E-state index contributed by atoms with van der Waals surface area (Å²) in [6, 6.07) is 8.22. The maximum Gasteiger partial charge on any atom is 0.290 e. The predicted octanol–water partition coefficient (Wildman–Crippen LogP) is 2.09. The first kappa shape index (κ1) is 17.6. The molecule has 134 valence electrons. The van der Waals surface area contributed by atoms with Crippen LogP contribution in [0.4, 0.5) is 0 Å². The zero-order valence-electron chi connectivity index (χ0n) is 14.1. The standard InChI is InChI=1S/C17H21N3O4S/c1-13-10-16(24-19-13)17(21)18-12-14-6-5-7-15(11-14)25(22,23)20-8-3-2-4-9-20/h5-7,10-11H,2-4,8-9,12H2,1H3,(H,18,21). The van der Waals surface area contributed by atoms with Crippen molar-refractivity contribution in [3.8, 4) is 0 Å². The normalized spacial score (nSPS) is 15.9. The van der Waals surface area contributed by atoms with Gasteiger partial charge in [0.05, 0.1) is 10.6 Å². The number of hydrogen-bond donors (Lipinski definition) is 1. The van der Waals surface area contributed by atoms with Crippen molar-refractivity contribution < 1.29 is 17.7 Å². The molecular weight excluding hydrogens is 342 g/mol. The van der Waals surface area contributed by atoms with E-state index in [-0.39, 0.29) is 23.1 Å². The van der Waals surface area contributed by atoms with Gasteiger partial charge in [-0.25, -0.2) is 8.42 Å². The van der Waals surface area contributed by atoms with Crippen molar-refractivity contribution in [2.24, 2.45) is 0 Å². The van der Waals surface area contributed by atoms with Gasteiger partial charge in [0.15, 0.2) is 0 Å². The number of piperidine rings is 1. The van der Waals surface area contributed by atoms with E-state index < -0.39 is 10.0 Å². The Kier molecular flexibility index (Phi) is 5.19. The Morgan fingerprint density at radius 1 is 1.24 bits per heavy atom. The fourth-order valence-corrected chi connectivity index (χ4v) is 4.40. The van der Waals surface area contributed by atoms with Crippen molar-refractivity contribution in [1.82, 2.24) is 14.8 Å². The third-order valence-electron chi connectivity index (χ3n) is 4.16. The van der Waals surface area contributed by atoms with Crippen LogP contribution in [0.5, 0.6) is 0 Å². The molecule has 0 radical (unpaired) electrons. The van der Waals surface area contributed by atoms with Crippen LogP contribution in [0.15, 0.2) is 39.8 Å². The minimum absolute atomic E-state index is 0.134. The molecule has 1 aromatic heterocycles. The molecule has 1 amide bonds. The molecule has 1 N–H and O–H groups in total. The van der Waals surface area contributed by atoms with Crippen molar-refractivity contribution in [2.45, 2.75) is 37.6 Å². The molecule has 2 heterocycles. The van der Waals surface area contributed by atoms with E-state index >= 15 is 0 Å². The van der Waals surface area contributed by atoms with Gasteiger partial charge in [0.25, 0.3) is 5.91 Å². The summed E-state index contributed by atoms with van der Waals surface area (Å²) >= 11 is 0. The molecule has 8 heteroatoms. The number of carbonyl (C=O) groups is 1. The van der Waals surface area contributed by atoms with Crippen LogP contribution in [0.2, 0.25) is 0 Å². The second-order valence-electron chi connectivity index (χ2n) is 6.13. The molecular formula is C17H21N3O4S. The number of carbonyl (C=O) groups excluding carboxylic acids is 1.